The van der Waals surface area contributed by atoms with E-state index in [-0.39, 0.29) is 30.1 Å². The monoisotopic (exact) mass is 280 g/mol. The summed E-state index contributed by atoms with van der Waals surface area (Å²) in [5.41, 5.74) is 0.0704. The van der Waals surface area contributed by atoms with Gasteiger partial charge in [0.2, 0.25) is 0 Å². The van der Waals surface area contributed by atoms with Crippen molar-refractivity contribution in [3.63, 3.8) is 0 Å². The molecule has 4 fully saturated rings. The van der Waals surface area contributed by atoms with Gasteiger partial charge in [-0.25, -0.2) is 4.79 Å². The van der Waals surface area contributed by atoms with Gasteiger partial charge in [0.05, 0.1) is 0 Å². The van der Waals surface area contributed by atoms with E-state index in [0.717, 1.165) is 17.8 Å². The Kier molecular flexibility index (Phi) is 3.69. The number of carbonyl (C=O) groups is 1. The molecule has 0 spiro atoms. The van der Waals surface area contributed by atoms with E-state index in [1.165, 1.54) is 38.5 Å². The van der Waals surface area contributed by atoms with Gasteiger partial charge in [0.1, 0.15) is 0 Å². The van der Waals surface area contributed by atoms with E-state index in [4.69, 9.17) is 5.11 Å². The summed E-state index contributed by atoms with van der Waals surface area (Å²) in [7, 11) is 0. The first-order valence-corrected chi connectivity index (χ1v) is 8.19. The van der Waals surface area contributed by atoms with Crippen LogP contribution in [0.4, 0.5) is 4.79 Å². The number of carbonyl (C=O) groups excluding carboxylic acids is 1. The molecule has 4 aliphatic carbocycles. The number of hydrogen-bond donors (Lipinski definition) is 3. The molecule has 2 amide bonds. The van der Waals surface area contributed by atoms with Crippen LogP contribution < -0.4 is 10.6 Å². The summed E-state index contributed by atoms with van der Waals surface area (Å²) in [6.07, 6.45) is 7.70. The Morgan fingerprint density at radius 1 is 1.15 bits per heavy atom. The molecule has 0 radical (unpaired) electrons. The van der Waals surface area contributed by atoms with Crippen molar-refractivity contribution in [1.29, 1.82) is 0 Å². The summed E-state index contributed by atoms with van der Waals surface area (Å²) in [5, 5.41) is 15.4. The van der Waals surface area contributed by atoms with Gasteiger partial charge < -0.3 is 15.7 Å². The summed E-state index contributed by atoms with van der Waals surface area (Å²) in [4.78, 5) is 12.3. The Bertz CT molecular complexity index is 347. The smallest absolute Gasteiger partial charge is 0.315 e. The van der Waals surface area contributed by atoms with Crippen molar-refractivity contribution < 1.29 is 9.90 Å². The third-order valence-corrected chi connectivity index (χ3v) is 5.92. The molecule has 4 nitrogen and oxygen atoms in total. The fourth-order valence-electron chi connectivity index (χ4n) is 5.05. The summed E-state index contributed by atoms with van der Waals surface area (Å²) in [6.45, 7) is 4.02. The molecule has 4 heteroatoms. The lowest BCUT2D eigenvalue weighted by Gasteiger charge is -2.56. The molecule has 0 saturated heterocycles. The van der Waals surface area contributed by atoms with Crippen LogP contribution in [0.2, 0.25) is 0 Å². The number of aliphatic hydroxyl groups is 1. The molecular formula is C16H28N2O2. The molecule has 4 aliphatic rings. The Labute approximate surface area is 121 Å². The number of nitrogens with one attached hydrogen (secondary N) is 2. The van der Waals surface area contributed by atoms with Crippen molar-refractivity contribution in [2.45, 2.75) is 64.0 Å². The second-order valence-electron chi connectivity index (χ2n) is 7.74. The van der Waals surface area contributed by atoms with Crippen molar-refractivity contribution in [3.05, 3.63) is 0 Å². The minimum atomic E-state index is -0.0419. The summed E-state index contributed by atoms with van der Waals surface area (Å²) < 4.78 is 0. The average molecular weight is 280 g/mol. The third-order valence-electron chi connectivity index (χ3n) is 5.92. The highest BCUT2D eigenvalue weighted by molar-refractivity contribution is 5.75. The first kappa shape index (κ1) is 14.2. The molecule has 3 N–H and O–H groups in total. The molecule has 0 aromatic rings. The highest BCUT2D eigenvalue weighted by Gasteiger charge is 2.51. The molecule has 0 aliphatic heterocycles. The highest BCUT2D eigenvalue weighted by atomic mass is 16.3. The molecule has 4 rings (SSSR count). The average Bonchev–Trinajstić information content (AvgIpc) is 2.34. The van der Waals surface area contributed by atoms with Gasteiger partial charge in [0, 0.05) is 18.2 Å². The van der Waals surface area contributed by atoms with Crippen molar-refractivity contribution in [2.75, 3.05) is 6.61 Å². The van der Waals surface area contributed by atoms with Gasteiger partial charge in [-0.2, -0.15) is 0 Å². The summed E-state index contributed by atoms with van der Waals surface area (Å²) in [6, 6.07) is -0.0336. The molecular weight excluding hydrogens is 252 g/mol. The van der Waals surface area contributed by atoms with Crippen molar-refractivity contribution in [1.82, 2.24) is 10.6 Å². The van der Waals surface area contributed by atoms with E-state index in [9.17, 15) is 4.79 Å². The molecule has 4 bridgehead atoms. The molecule has 20 heavy (non-hydrogen) atoms. The van der Waals surface area contributed by atoms with E-state index < -0.39 is 0 Å². The largest absolute Gasteiger partial charge is 0.396 e. The normalized spacial score (nSPS) is 41.2. The highest BCUT2D eigenvalue weighted by Crippen LogP contribution is 2.55. The zero-order valence-electron chi connectivity index (χ0n) is 12.7. The van der Waals surface area contributed by atoms with Crippen LogP contribution in [0, 0.1) is 23.7 Å². The van der Waals surface area contributed by atoms with Crippen molar-refractivity contribution in [2.24, 2.45) is 23.7 Å². The number of hydrogen-bond acceptors (Lipinski definition) is 2. The van der Waals surface area contributed by atoms with Crippen molar-refractivity contribution in [3.8, 4) is 0 Å². The molecule has 4 saturated carbocycles. The predicted molar refractivity (Wildman–Crippen MR) is 78.3 cm³/mol. The number of rotatable bonds is 4. The molecule has 2 atom stereocenters. The second kappa shape index (κ2) is 5.21. The standard InChI is InChI=1S/C16H28N2O2/c1-10(9-19)11(2)17-15(20)18-16-6-12-3-13(7-16)5-14(4-12)8-16/h10-14,19H,3-9H2,1-2H3,(H2,17,18,20). The lowest BCUT2D eigenvalue weighted by Crippen LogP contribution is -2.62. The molecule has 0 aromatic carbocycles. The van der Waals surface area contributed by atoms with E-state index in [2.05, 4.69) is 10.6 Å². The van der Waals surface area contributed by atoms with Crippen molar-refractivity contribution >= 4 is 6.03 Å². The molecule has 114 valence electrons. The Morgan fingerprint density at radius 2 is 1.65 bits per heavy atom. The lowest BCUT2D eigenvalue weighted by molar-refractivity contribution is -0.0137. The fourth-order valence-corrected chi connectivity index (χ4v) is 5.05. The predicted octanol–water partition coefficient (Wildman–Crippen LogP) is 2.27. The minimum absolute atomic E-state index is 0.00825. The van der Waals surface area contributed by atoms with Gasteiger partial charge in [-0.1, -0.05) is 6.92 Å². The van der Waals surface area contributed by atoms with Crippen LogP contribution >= 0.6 is 0 Å². The van der Waals surface area contributed by atoms with Gasteiger partial charge >= 0.3 is 6.03 Å². The molecule has 2 unspecified atom stereocenters. The third kappa shape index (κ3) is 2.67. The zero-order valence-corrected chi connectivity index (χ0v) is 12.7. The molecule has 0 aromatic heterocycles. The van der Waals surface area contributed by atoms with Crippen LogP contribution in [0.3, 0.4) is 0 Å². The van der Waals surface area contributed by atoms with Crippen LogP contribution in [-0.2, 0) is 0 Å². The number of urea groups is 1. The first-order chi connectivity index (χ1) is 9.49. The quantitative estimate of drug-likeness (QED) is 0.740. The maximum absolute atomic E-state index is 12.3. The Hall–Kier alpha value is -0.770. The van der Waals surface area contributed by atoms with Gasteiger partial charge in [-0.05, 0) is 69.1 Å². The lowest BCUT2D eigenvalue weighted by atomic mass is 9.53. The van der Waals surface area contributed by atoms with E-state index in [1.807, 2.05) is 13.8 Å². The van der Waals surface area contributed by atoms with Gasteiger partial charge in [-0.15, -0.1) is 0 Å². The van der Waals surface area contributed by atoms with E-state index in [1.54, 1.807) is 0 Å². The Morgan fingerprint density at radius 3 is 2.10 bits per heavy atom. The van der Waals surface area contributed by atoms with Gasteiger partial charge in [-0.3, -0.25) is 0 Å². The first-order valence-electron chi connectivity index (χ1n) is 8.19. The topological polar surface area (TPSA) is 61.4 Å². The van der Waals surface area contributed by atoms with Crippen LogP contribution in [-0.4, -0.2) is 29.3 Å². The fraction of sp³-hybridized carbons (Fsp3) is 0.938. The van der Waals surface area contributed by atoms with E-state index >= 15 is 0 Å². The van der Waals surface area contributed by atoms with Gasteiger partial charge in [0.25, 0.3) is 0 Å². The maximum Gasteiger partial charge on any atom is 0.315 e. The zero-order chi connectivity index (χ0) is 14.3. The number of amides is 2. The SMILES string of the molecule is CC(CO)C(C)NC(=O)NC12CC3CC(CC(C3)C1)C2. The van der Waals surface area contributed by atoms with Crippen LogP contribution in [0.25, 0.3) is 0 Å². The van der Waals surface area contributed by atoms with E-state index in [0.29, 0.717) is 0 Å². The summed E-state index contributed by atoms with van der Waals surface area (Å²) in [5.74, 6) is 2.62. The second-order valence-corrected chi connectivity index (χ2v) is 7.74. The minimum Gasteiger partial charge on any atom is -0.396 e. The van der Waals surface area contributed by atoms with Crippen LogP contribution in [0.15, 0.2) is 0 Å². The van der Waals surface area contributed by atoms with Crippen LogP contribution in [0.1, 0.15) is 52.4 Å². The summed E-state index contributed by atoms with van der Waals surface area (Å²) >= 11 is 0. The molecule has 0 heterocycles. The maximum atomic E-state index is 12.3. The Balaban J connectivity index is 1.59. The van der Waals surface area contributed by atoms with Gasteiger partial charge in [0.15, 0.2) is 0 Å². The number of aliphatic hydroxyl groups excluding tert-OH is 1. The van der Waals surface area contributed by atoms with Crippen LogP contribution in [0.5, 0.6) is 0 Å².